The number of nitrogens with one attached hydrogen (secondary N) is 1. The fourth-order valence-corrected chi connectivity index (χ4v) is 2.40. The molecule has 1 N–H and O–H groups in total. The van der Waals surface area contributed by atoms with Crippen LogP contribution in [0.3, 0.4) is 0 Å². The molecule has 5 nitrogen and oxygen atoms in total. The molecule has 0 bridgehead atoms. The van der Waals surface area contributed by atoms with Crippen molar-refractivity contribution in [1.82, 2.24) is 4.90 Å². The first-order valence-electron chi connectivity index (χ1n) is 7.25. The van der Waals surface area contributed by atoms with Crippen molar-refractivity contribution in [3.05, 3.63) is 29.8 Å². The normalized spacial score (nSPS) is 20.8. The van der Waals surface area contributed by atoms with Gasteiger partial charge in [0.2, 0.25) is 5.91 Å². The van der Waals surface area contributed by atoms with Gasteiger partial charge >= 0.3 is 0 Å². The predicted octanol–water partition coefficient (Wildman–Crippen LogP) is 1.94. The maximum Gasteiger partial charge on any atom is 0.241 e. The second kappa shape index (κ2) is 6.83. The number of hydrogen-bond acceptors (Lipinski definition) is 4. The van der Waals surface area contributed by atoms with Gasteiger partial charge in [0, 0.05) is 24.3 Å². The first-order chi connectivity index (χ1) is 9.97. The molecule has 2 rings (SSSR count). The number of hydrogen-bond donors (Lipinski definition) is 1. The summed E-state index contributed by atoms with van der Waals surface area (Å²) in [5.41, 5.74) is 1.35. The summed E-state index contributed by atoms with van der Waals surface area (Å²) >= 11 is 0. The Bertz CT molecular complexity index is 513. The molecule has 2 atom stereocenters. The Balaban J connectivity index is 1.95. The van der Waals surface area contributed by atoms with Crippen LogP contribution in [-0.4, -0.2) is 48.4 Å². The number of morpholine rings is 1. The van der Waals surface area contributed by atoms with Crippen molar-refractivity contribution in [2.45, 2.75) is 32.9 Å². The highest BCUT2D eigenvalue weighted by atomic mass is 16.5. The maximum atomic E-state index is 12.3. The lowest BCUT2D eigenvalue weighted by Crippen LogP contribution is -2.50. The molecule has 1 aliphatic heterocycles. The van der Waals surface area contributed by atoms with Crippen molar-refractivity contribution in [3.63, 3.8) is 0 Å². The molecule has 1 saturated heterocycles. The standard InChI is InChI=1S/C16H22N2O3/c1-11-10-18(8-9-21-11)12(2)16(20)17-15-6-4-14(5-7-15)13(3)19/h4-7,11-12H,8-10H2,1-3H3,(H,17,20)/t11-,12+/m1/s1. The zero-order valence-electron chi connectivity index (χ0n) is 12.8. The highest BCUT2D eigenvalue weighted by molar-refractivity contribution is 5.96. The Hall–Kier alpha value is -1.72. The van der Waals surface area contributed by atoms with Crippen LogP contribution in [0.1, 0.15) is 31.1 Å². The van der Waals surface area contributed by atoms with Crippen molar-refractivity contribution >= 4 is 17.4 Å². The van der Waals surface area contributed by atoms with Crippen LogP contribution in [0.15, 0.2) is 24.3 Å². The van der Waals surface area contributed by atoms with Gasteiger partial charge in [-0.2, -0.15) is 0 Å². The van der Waals surface area contributed by atoms with Gasteiger partial charge in [-0.3, -0.25) is 14.5 Å². The third-order valence-electron chi connectivity index (χ3n) is 3.76. The minimum atomic E-state index is -0.205. The zero-order chi connectivity index (χ0) is 15.4. The summed E-state index contributed by atoms with van der Waals surface area (Å²) in [7, 11) is 0. The predicted molar refractivity (Wildman–Crippen MR) is 81.5 cm³/mol. The average Bonchev–Trinajstić information content (AvgIpc) is 2.47. The van der Waals surface area contributed by atoms with Crippen molar-refractivity contribution in [1.29, 1.82) is 0 Å². The van der Waals surface area contributed by atoms with Gasteiger partial charge in [-0.1, -0.05) is 0 Å². The SMILES string of the molecule is CC(=O)c1ccc(NC(=O)[C@H](C)N2CCO[C@H](C)C2)cc1. The molecule has 21 heavy (non-hydrogen) atoms. The fraction of sp³-hybridized carbons (Fsp3) is 0.500. The highest BCUT2D eigenvalue weighted by Crippen LogP contribution is 2.13. The third kappa shape index (κ3) is 4.12. The van der Waals surface area contributed by atoms with Gasteiger partial charge in [-0.05, 0) is 45.0 Å². The Morgan fingerprint density at radius 2 is 2.00 bits per heavy atom. The third-order valence-corrected chi connectivity index (χ3v) is 3.76. The molecule has 1 aromatic rings. The van der Waals surface area contributed by atoms with Crippen LogP contribution in [0.2, 0.25) is 0 Å². The van der Waals surface area contributed by atoms with E-state index in [0.29, 0.717) is 17.9 Å². The topological polar surface area (TPSA) is 58.6 Å². The van der Waals surface area contributed by atoms with E-state index in [-0.39, 0.29) is 23.8 Å². The quantitative estimate of drug-likeness (QED) is 0.861. The molecule has 0 unspecified atom stereocenters. The highest BCUT2D eigenvalue weighted by Gasteiger charge is 2.25. The molecular formula is C16H22N2O3. The number of ether oxygens (including phenoxy) is 1. The first-order valence-corrected chi connectivity index (χ1v) is 7.25. The molecule has 1 aromatic carbocycles. The monoisotopic (exact) mass is 290 g/mol. The van der Waals surface area contributed by atoms with Gasteiger partial charge in [0.1, 0.15) is 0 Å². The van der Waals surface area contributed by atoms with E-state index in [2.05, 4.69) is 10.2 Å². The van der Waals surface area contributed by atoms with Crippen LogP contribution < -0.4 is 5.32 Å². The molecule has 5 heteroatoms. The zero-order valence-corrected chi connectivity index (χ0v) is 12.8. The van der Waals surface area contributed by atoms with E-state index in [1.807, 2.05) is 13.8 Å². The Kier molecular flexibility index (Phi) is 5.09. The van der Waals surface area contributed by atoms with Crippen molar-refractivity contribution < 1.29 is 14.3 Å². The van der Waals surface area contributed by atoms with Gasteiger partial charge in [0.25, 0.3) is 0 Å². The minimum absolute atomic E-state index is 0.0172. The van der Waals surface area contributed by atoms with Crippen LogP contribution in [0.5, 0.6) is 0 Å². The largest absolute Gasteiger partial charge is 0.376 e. The lowest BCUT2D eigenvalue weighted by Gasteiger charge is -2.34. The van der Waals surface area contributed by atoms with E-state index in [1.165, 1.54) is 6.92 Å². The second-order valence-electron chi connectivity index (χ2n) is 5.48. The Morgan fingerprint density at radius 1 is 1.33 bits per heavy atom. The van der Waals surface area contributed by atoms with E-state index < -0.39 is 0 Å². The maximum absolute atomic E-state index is 12.3. The number of nitrogens with zero attached hydrogens (tertiary/aromatic N) is 1. The van der Waals surface area contributed by atoms with E-state index in [4.69, 9.17) is 4.74 Å². The summed E-state index contributed by atoms with van der Waals surface area (Å²) in [5.74, 6) is -0.0248. The molecule has 0 saturated carbocycles. The molecule has 0 spiro atoms. The molecule has 0 aliphatic carbocycles. The van der Waals surface area contributed by atoms with Crippen molar-refractivity contribution in [2.75, 3.05) is 25.0 Å². The summed E-state index contributed by atoms with van der Waals surface area (Å²) in [6, 6.07) is 6.75. The Labute approximate surface area is 125 Å². The van der Waals surface area contributed by atoms with Crippen LogP contribution in [0.4, 0.5) is 5.69 Å². The number of amides is 1. The summed E-state index contributed by atoms with van der Waals surface area (Å²) in [6.45, 7) is 7.62. The molecule has 1 aliphatic rings. The van der Waals surface area contributed by atoms with Gasteiger partial charge < -0.3 is 10.1 Å². The summed E-state index contributed by atoms with van der Waals surface area (Å²) in [4.78, 5) is 25.6. The van der Waals surface area contributed by atoms with Crippen molar-refractivity contribution in [2.24, 2.45) is 0 Å². The van der Waals surface area contributed by atoms with Crippen LogP contribution >= 0.6 is 0 Å². The number of ketones is 1. The summed E-state index contributed by atoms with van der Waals surface area (Å²) in [6.07, 6.45) is 0.156. The summed E-state index contributed by atoms with van der Waals surface area (Å²) in [5, 5.41) is 2.89. The van der Waals surface area contributed by atoms with Gasteiger partial charge in [-0.15, -0.1) is 0 Å². The minimum Gasteiger partial charge on any atom is -0.376 e. The smallest absolute Gasteiger partial charge is 0.241 e. The van der Waals surface area contributed by atoms with Crippen LogP contribution in [-0.2, 0) is 9.53 Å². The van der Waals surface area contributed by atoms with Crippen LogP contribution in [0, 0.1) is 0 Å². The van der Waals surface area contributed by atoms with E-state index in [9.17, 15) is 9.59 Å². The summed E-state index contributed by atoms with van der Waals surface area (Å²) < 4.78 is 5.49. The molecule has 114 valence electrons. The number of benzene rings is 1. The molecule has 1 heterocycles. The number of anilines is 1. The molecule has 0 aromatic heterocycles. The van der Waals surface area contributed by atoms with E-state index in [0.717, 1.165) is 13.1 Å². The molecule has 1 fully saturated rings. The second-order valence-corrected chi connectivity index (χ2v) is 5.48. The van der Waals surface area contributed by atoms with E-state index in [1.54, 1.807) is 24.3 Å². The van der Waals surface area contributed by atoms with E-state index >= 15 is 0 Å². The number of carbonyl (C=O) groups is 2. The number of rotatable bonds is 4. The van der Waals surface area contributed by atoms with Crippen LogP contribution in [0.25, 0.3) is 0 Å². The average molecular weight is 290 g/mol. The van der Waals surface area contributed by atoms with Gasteiger partial charge in [0.15, 0.2) is 5.78 Å². The fourth-order valence-electron chi connectivity index (χ4n) is 2.40. The molecule has 1 amide bonds. The Morgan fingerprint density at radius 3 is 2.57 bits per heavy atom. The first kappa shape index (κ1) is 15.7. The van der Waals surface area contributed by atoms with Gasteiger partial charge in [0.05, 0.1) is 18.8 Å². The number of Topliss-reactive ketones (excluding diaryl/α,β-unsaturated/α-hetero) is 1. The lowest BCUT2D eigenvalue weighted by molar-refractivity contribution is -0.123. The lowest BCUT2D eigenvalue weighted by atomic mass is 10.1. The van der Waals surface area contributed by atoms with Crippen molar-refractivity contribution in [3.8, 4) is 0 Å². The number of carbonyl (C=O) groups excluding carboxylic acids is 2. The molecule has 0 radical (unpaired) electrons. The molecular weight excluding hydrogens is 268 g/mol. The van der Waals surface area contributed by atoms with Gasteiger partial charge in [-0.25, -0.2) is 0 Å².